The molecule has 1 saturated carbocycles. The molecule has 5 nitrogen and oxygen atoms in total. The summed E-state index contributed by atoms with van der Waals surface area (Å²) in [5.74, 6) is 0.480. The summed E-state index contributed by atoms with van der Waals surface area (Å²) >= 11 is 1.62. The van der Waals surface area contributed by atoms with Gasteiger partial charge in [-0.3, -0.25) is 14.7 Å². The molecule has 1 aliphatic heterocycles. The average molecular weight is 431 g/mol. The normalized spacial score (nSPS) is 23.7. The van der Waals surface area contributed by atoms with Gasteiger partial charge in [-0.05, 0) is 72.4 Å². The highest BCUT2D eigenvalue weighted by atomic mass is 32.1. The summed E-state index contributed by atoms with van der Waals surface area (Å²) in [5, 5.41) is 2.11. The van der Waals surface area contributed by atoms with Gasteiger partial charge in [0.15, 0.2) is 5.96 Å². The van der Waals surface area contributed by atoms with Crippen molar-refractivity contribution in [1.82, 2.24) is 9.88 Å². The molecule has 6 heteroatoms. The van der Waals surface area contributed by atoms with E-state index < -0.39 is 11.5 Å². The van der Waals surface area contributed by atoms with Gasteiger partial charge in [0, 0.05) is 29.9 Å². The van der Waals surface area contributed by atoms with E-state index in [0.29, 0.717) is 5.92 Å². The molecule has 3 aromatic rings. The topological polar surface area (TPSA) is 71.6 Å². The van der Waals surface area contributed by atoms with Gasteiger partial charge in [-0.2, -0.15) is 0 Å². The lowest BCUT2D eigenvalue weighted by atomic mass is 9.77. The number of aromatic nitrogens is 1. The third kappa shape index (κ3) is 3.45. The van der Waals surface area contributed by atoms with Crippen LogP contribution in [-0.2, 0) is 10.3 Å². The van der Waals surface area contributed by atoms with Crippen molar-refractivity contribution in [3.05, 3.63) is 75.7 Å². The van der Waals surface area contributed by atoms with Gasteiger partial charge >= 0.3 is 0 Å². The van der Waals surface area contributed by atoms with Gasteiger partial charge in [-0.15, -0.1) is 11.3 Å². The Morgan fingerprint density at radius 3 is 2.48 bits per heavy atom. The fourth-order valence-electron chi connectivity index (χ4n) is 4.43. The standard InChI is InChI=1S/C25H26N4OS/c1-15-10-19(13-27-12-15)20-11-21(31-14-20)25(2)22(23(30)29(3)24(26)28-25)18-8-6-17(7-9-18)16-4-5-16/h6-14,16,22H,4-5H2,1-3H3,(H2,26,28)/t22?,25-/m1/s1. The Bertz CT molecular complexity index is 1180. The zero-order valence-electron chi connectivity index (χ0n) is 18.0. The highest BCUT2D eigenvalue weighted by Gasteiger charge is 2.48. The summed E-state index contributed by atoms with van der Waals surface area (Å²) in [5.41, 5.74) is 11.0. The van der Waals surface area contributed by atoms with Gasteiger partial charge < -0.3 is 5.73 Å². The Morgan fingerprint density at radius 2 is 1.81 bits per heavy atom. The largest absolute Gasteiger partial charge is 0.369 e. The third-order valence-corrected chi connectivity index (χ3v) is 7.61. The lowest BCUT2D eigenvalue weighted by Gasteiger charge is -2.40. The maximum absolute atomic E-state index is 13.4. The second-order valence-corrected chi connectivity index (χ2v) is 9.75. The van der Waals surface area contributed by atoms with E-state index >= 15 is 0 Å². The predicted molar refractivity (Wildman–Crippen MR) is 125 cm³/mol. The Kier molecular flexibility index (Phi) is 4.70. The quantitative estimate of drug-likeness (QED) is 0.647. The molecule has 0 spiro atoms. The summed E-state index contributed by atoms with van der Waals surface area (Å²) in [6.45, 7) is 4.06. The van der Waals surface area contributed by atoms with Crippen LogP contribution < -0.4 is 5.73 Å². The fourth-order valence-corrected chi connectivity index (χ4v) is 5.49. The Balaban J connectivity index is 1.59. The van der Waals surface area contributed by atoms with Crippen LogP contribution in [0.3, 0.4) is 0 Å². The molecule has 1 aliphatic carbocycles. The van der Waals surface area contributed by atoms with Crippen LogP contribution in [0.25, 0.3) is 11.1 Å². The Hall–Kier alpha value is -2.99. The monoisotopic (exact) mass is 430 g/mol. The number of carbonyl (C=O) groups is 1. The number of thiophene rings is 1. The van der Waals surface area contributed by atoms with E-state index in [1.54, 1.807) is 18.4 Å². The number of nitrogens with two attached hydrogens (primary N) is 1. The van der Waals surface area contributed by atoms with Crippen LogP contribution in [0.1, 0.15) is 53.2 Å². The van der Waals surface area contributed by atoms with Crippen LogP contribution in [0.15, 0.2) is 59.2 Å². The SMILES string of the molecule is Cc1cncc(-c2csc([C@@]3(C)N=C(N)N(C)C(=O)C3c3ccc(C4CC4)cc3)c2)c1. The van der Waals surface area contributed by atoms with Crippen molar-refractivity contribution >= 4 is 23.2 Å². The first-order chi connectivity index (χ1) is 14.9. The van der Waals surface area contributed by atoms with E-state index in [4.69, 9.17) is 10.7 Å². The summed E-state index contributed by atoms with van der Waals surface area (Å²) in [4.78, 5) is 25.1. The van der Waals surface area contributed by atoms with Gasteiger partial charge in [0.2, 0.25) is 5.91 Å². The first kappa shape index (κ1) is 19.9. The molecule has 1 aromatic carbocycles. The van der Waals surface area contributed by atoms with E-state index in [9.17, 15) is 4.79 Å². The van der Waals surface area contributed by atoms with Crippen LogP contribution in [0, 0.1) is 6.92 Å². The lowest BCUT2D eigenvalue weighted by Crippen LogP contribution is -2.52. The molecule has 2 aromatic heterocycles. The molecule has 1 amide bonds. The predicted octanol–water partition coefficient (Wildman–Crippen LogP) is 4.78. The molecule has 0 radical (unpaired) electrons. The van der Waals surface area contributed by atoms with Gasteiger partial charge in [0.1, 0.15) is 5.54 Å². The molecule has 0 saturated heterocycles. The minimum atomic E-state index is -0.769. The second-order valence-electron chi connectivity index (χ2n) is 8.84. The summed E-state index contributed by atoms with van der Waals surface area (Å²) < 4.78 is 0. The molecule has 5 rings (SSSR count). The van der Waals surface area contributed by atoms with Crippen molar-refractivity contribution in [2.24, 2.45) is 10.7 Å². The van der Waals surface area contributed by atoms with Crippen molar-refractivity contribution in [1.29, 1.82) is 0 Å². The number of benzene rings is 1. The maximum atomic E-state index is 13.4. The number of likely N-dealkylation sites (N-methyl/N-ethyl adjacent to an activating group) is 1. The number of aryl methyl sites for hydroxylation is 1. The number of carbonyl (C=O) groups excluding carboxylic acids is 1. The van der Waals surface area contributed by atoms with Gasteiger partial charge in [-0.25, -0.2) is 4.99 Å². The first-order valence-electron chi connectivity index (χ1n) is 10.6. The summed E-state index contributed by atoms with van der Waals surface area (Å²) in [6, 6.07) is 12.8. The third-order valence-electron chi connectivity index (χ3n) is 6.46. The minimum Gasteiger partial charge on any atom is -0.369 e. The summed E-state index contributed by atoms with van der Waals surface area (Å²) in [7, 11) is 1.70. The van der Waals surface area contributed by atoms with Crippen LogP contribution in [0.5, 0.6) is 0 Å². The molecular weight excluding hydrogens is 404 g/mol. The molecule has 1 unspecified atom stereocenters. The van der Waals surface area contributed by atoms with E-state index in [1.807, 2.05) is 26.2 Å². The van der Waals surface area contributed by atoms with Crippen LogP contribution >= 0.6 is 11.3 Å². The van der Waals surface area contributed by atoms with E-state index in [2.05, 4.69) is 46.8 Å². The second kappa shape index (κ2) is 7.31. The minimum absolute atomic E-state index is 0.0265. The number of hydrogen-bond donors (Lipinski definition) is 1. The van der Waals surface area contributed by atoms with Crippen LogP contribution in [-0.4, -0.2) is 28.8 Å². The first-order valence-corrected chi connectivity index (χ1v) is 11.5. The number of nitrogens with zero attached hydrogens (tertiary/aromatic N) is 3. The number of hydrogen-bond acceptors (Lipinski definition) is 5. The van der Waals surface area contributed by atoms with Crippen LogP contribution in [0.4, 0.5) is 0 Å². The van der Waals surface area contributed by atoms with Crippen molar-refractivity contribution in [3.63, 3.8) is 0 Å². The highest BCUT2D eigenvalue weighted by Crippen LogP contribution is 2.47. The lowest BCUT2D eigenvalue weighted by molar-refractivity contribution is -0.130. The zero-order valence-corrected chi connectivity index (χ0v) is 18.8. The molecule has 2 N–H and O–H groups in total. The van der Waals surface area contributed by atoms with Crippen LogP contribution in [0.2, 0.25) is 0 Å². The van der Waals surface area contributed by atoms with Gasteiger partial charge in [0.25, 0.3) is 0 Å². The molecule has 158 valence electrons. The molecule has 31 heavy (non-hydrogen) atoms. The molecule has 2 atom stereocenters. The number of amides is 1. The number of aliphatic imine (C=N–C) groups is 1. The maximum Gasteiger partial charge on any atom is 0.239 e. The van der Waals surface area contributed by atoms with Gasteiger partial charge in [0.05, 0.1) is 5.92 Å². The molecule has 1 fully saturated rings. The van der Waals surface area contributed by atoms with Crippen molar-refractivity contribution < 1.29 is 4.79 Å². The Labute approximate surface area is 186 Å². The zero-order chi connectivity index (χ0) is 21.8. The van der Waals surface area contributed by atoms with E-state index in [-0.39, 0.29) is 11.9 Å². The molecule has 2 aliphatic rings. The van der Waals surface area contributed by atoms with Crippen molar-refractivity contribution in [2.75, 3.05) is 7.05 Å². The molecule has 3 heterocycles. The van der Waals surface area contributed by atoms with Crippen molar-refractivity contribution in [2.45, 2.75) is 44.1 Å². The highest BCUT2D eigenvalue weighted by molar-refractivity contribution is 7.10. The molecule has 0 bridgehead atoms. The number of pyridine rings is 1. The van der Waals surface area contributed by atoms with E-state index in [0.717, 1.165) is 27.1 Å². The molecular formula is C25H26N4OS. The summed E-state index contributed by atoms with van der Waals surface area (Å²) in [6.07, 6.45) is 6.23. The van der Waals surface area contributed by atoms with Gasteiger partial charge in [-0.1, -0.05) is 24.3 Å². The number of rotatable bonds is 4. The smallest absolute Gasteiger partial charge is 0.239 e. The number of guanidine groups is 1. The van der Waals surface area contributed by atoms with E-state index in [1.165, 1.54) is 23.3 Å². The fraction of sp³-hybridized carbons (Fsp3) is 0.320. The Morgan fingerprint density at radius 1 is 1.10 bits per heavy atom. The average Bonchev–Trinajstić information content (AvgIpc) is 3.48. The van der Waals surface area contributed by atoms with Crippen molar-refractivity contribution in [3.8, 4) is 11.1 Å².